The minimum Gasteiger partial charge on any atom is -0.368 e. The summed E-state index contributed by atoms with van der Waals surface area (Å²) in [6.45, 7) is 3.35. The van der Waals surface area contributed by atoms with Crippen LogP contribution in [0, 0.1) is 17.2 Å². The molecular weight excluding hydrogens is 450 g/mol. The van der Waals surface area contributed by atoms with Crippen LogP contribution in [0.4, 0.5) is 17.5 Å². The van der Waals surface area contributed by atoms with Crippen LogP contribution >= 0.6 is 11.6 Å². The van der Waals surface area contributed by atoms with Crippen molar-refractivity contribution in [3.63, 3.8) is 0 Å². The Kier molecular flexibility index (Phi) is 8.42. The van der Waals surface area contributed by atoms with E-state index in [1.807, 2.05) is 30.3 Å². The molecule has 2 aliphatic rings. The van der Waals surface area contributed by atoms with Gasteiger partial charge in [-0.1, -0.05) is 43.7 Å². The number of hydrogen-bond donors (Lipinski definition) is 2. The molecule has 2 aromatic rings. The maximum absolute atomic E-state index is 12.8. The highest BCUT2D eigenvalue weighted by Gasteiger charge is 2.25. The van der Waals surface area contributed by atoms with Crippen molar-refractivity contribution in [1.29, 1.82) is 5.26 Å². The topological polar surface area (TPSA) is 97.2 Å². The van der Waals surface area contributed by atoms with Crippen molar-refractivity contribution in [2.24, 2.45) is 5.92 Å². The molecule has 9 heteroatoms. The largest absolute Gasteiger partial charge is 0.368 e. The van der Waals surface area contributed by atoms with Crippen LogP contribution in [-0.4, -0.2) is 54.6 Å². The average Bonchev–Trinajstić information content (AvgIpc) is 2.88. The summed E-state index contributed by atoms with van der Waals surface area (Å²) < 4.78 is 0. The smallest absolute Gasteiger partial charge is 0.243 e. The van der Waals surface area contributed by atoms with E-state index in [2.05, 4.69) is 25.4 Å². The summed E-state index contributed by atoms with van der Waals surface area (Å²) >= 11 is 6.02. The molecule has 0 bridgehead atoms. The van der Waals surface area contributed by atoms with Gasteiger partial charge in [0.1, 0.15) is 18.4 Å². The highest BCUT2D eigenvalue weighted by molar-refractivity contribution is 6.30. The maximum Gasteiger partial charge on any atom is 0.243 e. The lowest BCUT2D eigenvalue weighted by Gasteiger charge is -2.36. The van der Waals surface area contributed by atoms with Crippen LogP contribution in [0.5, 0.6) is 0 Å². The van der Waals surface area contributed by atoms with E-state index in [-0.39, 0.29) is 12.5 Å². The zero-order chi connectivity index (χ0) is 23.8. The third kappa shape index (κ3) is 6.51. The highest BCUT2D eigenvalue weighted by Crippen LogP contribution is 2.28. The number of piperazine rings is 1. The van der Waals surface area contributed by atoms with Gasteiger partial charge in [-0.3, -0.25) is 4.79 Å². The molecule has 1 aromatic carbocycles. The molecule has 34 heavy (non-hydrogen) atoms. The van der Waals surface area contributed by atoms with Gasteiger partial charge in [0.25, 0.3) is 0 Å². The number of amides is 1. The zero-order valence-corrected chi connectivity index (χ0v) is 20.2. The third-order valence-electron chi connectivity index (χ3n) is 6.67. The molecule has 1 saturated carbocycles. The van der Waals surface area contributed by atoms with Gasteiger partial charge in [-0.25, -0.2) is 4.98 Å². The van der Waals surface area contributed by atoms with Crippen LogP contribution in [-0.2, 0) is 4.79 Å². The second kappa shape index (κ2) is 11.9. The number of carbonyl (C=O) groups excluding carboxylic acids is 1. The van der Waals surface area contributed by atoms with Gasteiger partial charge >= 0.3 is 0 Å². The van der Waals surface area contributed by atoms with Gasteiger partial charge in [-0.15, -0.1) is 0 Å². The van der Waals surface area contributed by atoms with Crippen molar-refractivity contribution in [3.8, 4) is 6.07 Å². The van der Waals surface area contributed by atoms with Gasteiger partial charge in [-0.2, -0.15) is 10.2 Å². The van der Waals surface area contributed by atoms with Gasteiger partial charge < -0.3 is 20.4 Å². The molecule has 0 spiro atoms. The molecular formula is C25H32ClN7O. The molecule has 2 N–H and O–H groups in total. The molecule has 1 aliphatic carbocycles. The molecule has 4 rings (SSSR count). The lowest BCUT2D eigenvalue weighted by Crippen LogP contribution is -2.47. The summed E-state index contributed by atoms with van der Waals surface area (Å²) in [6.07, 6.45) is 8.49. The summed E-state index contributed by atoms with van der Waals surface area (Å²) in [7, 11) is 0. The van der Waals surface area contributed by atoms with Crippen molar-refractivity contribution in [2.75, 3.05) is 47.8 Å². The average molecular weight is 482 g/mol. The minimum atomic E-state index is -0.416. The molecule has 1 aromatic heterocycles. The summed E-state index contributed by atoms with van der Waals surface area (Å²) in [4.78, 5) is 26.5. The van der Waals surface area contributed by atoms with Gasteiger partial charge in [-0.05, 0) is 42.7 Å². The molecule has 1 aliphatic heterocycles. The van der Waals surface area contributed by atoms with E-state index < -0.39 is 6.04 Å². The first-order valence-electron chi connectivity index (χ1n) is 12.1. The van der Waals surface area contributed by atoms with E-state index in [1.165, 1.54) is 19.3 Å². The quantitative estimate of drug-likeness (QED) is 0.552. The van der Waals surface area contributed by atoms with Crippen LogP contribution < -0.4 is 20.4 Å². The van der Waals surface area contributed by atoms with Crippen molar-refractivity contribution < 1.29 is 4.79 Å². The number of nitriles is 1. The summed E-state index contributed by atoms with van der Waals surface area (Å²) in [6, 6.07) is 11.3. The Labute approximate surface area is 206 Å². The Morgan fingerprint density at radius 3 is 2.50 bits per heavy atom. The van der Waals surface area contributed by atoms with Gasteiger partial charge in [0.15, 0.2) is 0 Å². The van der Waals surface area contributed by atoms with Crippen LogP contribution in [0.2, 0.25) is 5.02 Å². The summed E-state index contributed by atoms with van der Waals surface area (Å²) in [5.74, 6) is 1.66. The molecule has 8 nitrogen and oxygen atoms in total. The molecule has 1 saturated heterocycles. The number of halogens is 1. The number of hydrogen-bond acceptors (Lipinski definition) is 7. The second-order valence-corrected chi connectivity index (χ2v) is 9.44. The first-order valence-corrected chi connectivity index (χ1v) is 12.5. The molecule has 1 amide bonds. The van der Waals surface area contributed by atoms with E-state index in [0.717, 1.165) is 56.2 Å². The van der Waals surface area contributed by atoms with Crippen molar-refractivity contribution in [2.45, 2.75) is 44.6 Å². The monoisotopic (exact) mass is 481 g/mol. The van der Waals surface area contributed by atoms with Gasteiger partial charge in [0.2, 0.25) is 11.9 Å². The number of carbonyl (C=O) groups is 1. The minimum absolute atomic E-state index is 0.00853. The van der Waals surface area contributed by atoms with Crippen molar-refractivity contribution in [3.05, 3.63) is 41.6 Å². The Balaban J connectivity index is 1.39. The molecule has 180 valence electrons. The number of rotatable bonds is 8. The summed E-state index contributed by atoms with van der Waals surface area (Å²) in [5, 5.41) is 15.7. The lowest BCUT2D eigenvalue weighted by molar-refractivity contribution is -0.122. The Bertz CT molecular complexity index is 980. The van der Waals surface area contributed by atoms with Crippen molar-refractivity contribution >= 4 is 35.0 Å². The maximum atomic E-state index is 12.8. The van der Waals surface area contributed by atoms with Crippen LogP contribution in [0.25, 0.3) is 0 Å². The molecule has 2 heterocycles. The second-order valence-electron chi connectivity index (χ2n) is 9.00. The normalized spacial score (nSPS) is 17.6. The third-order valence-corrected chi connectivity index (χ3v) is 6.92. The first-order chi connectivity index (χ1) is 16.6. The number of nitrogens with one attached hydrogen (secondary N) is 2. The zero-order valence-electron chi connectivity index (χ0n) is 19.4. The Morgan fingerprint density at radius 2 is 1.79 bits per heavy atom. The number of aromatic nitrogens is 2. The fraction of sp³-hybridized carbons (Fsp3) is 0.520. The van der Waals surface area contributed by atoms with Gasteiger partial charge in [0.05, 0.1) is 6.07 Å². The number of benzene rings is 1. The van der Waals surface area contributed by atoms with Crippen LogP contribution in [0.15, 0.2) is 36.5 Å². The van der Waals surface area contributed by atoms with Gasteiger partial charge in [0, 0.05) is 43.1 Å². The predicted octanol–water partition coefficient (Wildman–Crippen LogP) is 3.85. The number of nitrogens with zero attached hydrogens (tertiary/aromatic N) is 5. The Hall–Kier alpha value is -3.05. The van der Waals surface area contributed by atoms with E-state index >= 15 is 0 Å². The Morgan fingerprint density at radius 1 is 1.09 bits per heavy atom. The predicted molar refractivity (Wildman–Crippen MR) is 135 cm³/mol. The standard InChI is InChI=1S/C25H32ClN7O/c26-20-6-8-21(9-7-20)32-14-16-33(17-15-32)25-29-12-10-23(31-25)30-22(24(34)28-13-11-27)18-19-4-2-1-3-5-19/h6-10,12,19,22H,1-5,13-18H2,(H,28,34)(H,29,30,31)/t22-/m0/s1. The van der Waals surface area contributed by atoms with Crippen molar-refractivity contribution in [1.82, 2.24) is 15.3 Å². The SMILES string of the molecule is N#CCNC(=O)[C@H](CC1CCCCC1)Nc1ccnc(N2CCN(c3ccc(Cl)cc3)CC2)n1. The molecule has 1 atom stereocenters. The molecule has 2 fully saturated rings. The van der Waals surface area contributed by atoms with E-state index in [9.17, 15) is 4.79 Å². The van der Waals surface area contributed by atoms with Crippen LogP contribution in [0.3, 0.4) is 0 Å². The number of anilines is 3. The highest BCUT2D eigenvalue weighted by atomic mass is 35.5. The molecule has 0 unspecified atom stereocenters. The van der Waals surface area contributed by atoms with Crippen LogP contribution in [0.1, 0.15) is 38.5 Å². The summed E-state index contributed by atoms with van der Waals surface area (Å²) in [5.41, 5.74) is 1.16. The lowest BCUT2D eigenvalue weighted by atomic mass is 9.84. The van der Waals surface area contributed by atoms with E-state index in [0.29, 0.717) is 17.7 Å². The first kappa shape index (κ1) is 24.1. The fourth-order valence-electron chi connectivity index (χ4n) is 4.81. The van der Waals surface area contributed by atoms with E-state index in [1.54, 1.807) is 12.3 Å². The molecule has 0 radical (unpaired) electrons. The fourth-order valence-corrected chi connectivity index (χ4v) is 4.94. The van der Waals surface area contributed by atoms with E-state index in [4.69, 9.17) is 21.8 Å².